The van der Waals surface area contributed by atoms with Crippen LogP contribution < -0.4 is 0 Å². The number of likely N-dealkylation sites (N-methyl/N-ethyl adjacent to an activating group) is 1. The number of carbonyl (C=O) groups excluding carboxylic acids is 1. The molecule has 0 aliphatic carbocycles. The zero-order valence-corrected chi connectivity index (χ0v) is 25.3. The number of hydrogen-bond donors (Lipinski definition) is 1. The lowest BCUT2D eigenvalue weighted by molar-refractivity contribution is -0.311. The normalized spacial score (nSPS) is 29.1. The molecule has 0 spiro atoms. The van der Waals surface area contributed by atoms with Crippen molar-refractivity contribution in [1.29, 1.82) is 0 Å². The molecule has 1 unspecified atom stereocenters. The number of nitroso groups, excluding NO2 is 1. The van der Waals surface area contributed by atoms with Gasteiger partial charge in [-0.25, -0.2) is 0 Å². The topological polar surface area (TPSA) is 125 Å². The molecule has 0 aromatic heterocycles. The fourth-order valence-corrected chi connectivity index (χ4v) is 5.56. The summed E-state index contributed by atoms with van der Waals surface area (Å²) in [7, 11) is 3.34. The van der Waals surface area contributed by atoms with Crippen molar-refractivity contribution in [1.82, 2.24) is 4.90 Å². The van der Waals surface area contributed by atoms with Crippen molar-refractivity contribution in [3.63, 3.8) is 0 Å². The molecule has 0 saturated carbocycles. The summed E-state index contributed by atoms with van der Waals surface area (Å²) in [6, 6.07) is 0. The lowest BCUT2D eigenvalue weighted by Gasteiger charge is -2.43. The van der Waals surface area contributed by atoms with Crippen LogP contribution >= 0.6 is 23.5 Å². The Morgan fingerprint density at radius 3 is 1.84 bits per heavy atom. The van der Waals surface area contributed by atoms with Gasteiger partial charge >= 0.3 is 0 Å². The number of rotatable bonds is 17. The molecule has 2 saturated heterocycles. The number of aliphatic hydroxyl groups excluding tert-OH is 1. The minimum absolute atomic E-state index is 0.160. The van der Waals surface area contributed by atoms with Crippen LogP contribution in [0.15, 0.2) is 5.18 Å². The predicted octanol–water partition coefficient (Wildman–Crippen LogP) is 2.52. The van der Waals surface area contributed by atoms with E-state index in [4.69, 9.17) is 28.4 Å². The number of nitrogens with zero attached hydrogens (tertiary/aromatic N) is 2. The van der Waals surface area contributed by atoms with E-state index < -0.39 is 17.1 Å². The van der Waals surface area contributed by atoms with Crippen LogP contribution in [0.5, 0.6) is 0 Å². The monoisotopic (exact) mass is 582 g/mol. The zero-order valence-electron chi connectivity index (χ0n) is 23.6. The highest BCUT2D eigenvalue weighted by Gasteiger charge is 2.48. The summed E-state index contributed by atoms with van der Waals surface area (Å²) < 4.78 is 34.3. The van der Waals surface area contributed by atoms with Crippen molar-refractivity contribution < 1.29 is 38.3 Å². The molecule has 1 N–H and O–H groups in total. The number of thioether (sulfide) groups is 2. The van der Waals surface area contributed by atoms with Crippen molar-refractivity contribution in [2.75, 3.05) is 76.7 Å². The van der Waals surface area contributed by atoms with E-state index in [9.17, 15) is 14.8 Å². The van der Waals surface area contributed by atoms with E-state index >= 15 is 0 Å². The van der Waals surface area contributed by atoms with Crippen LogP contribution in [0.25, 0.3) is 0 Å². The van der Waals surface area contributed by atoms with E-state index in [0.29, 0.717) is 51.1 Å². The van der Waals surface area contributed by atoms with Gasteiger partial charge in [0.2, 0.25) is 5.79 Å². The summed E-state index contributed by atoms with van der Waals surface area (Å²) in [5, 5.41) is 13.3. The Bertz CT molecular complexity index is 713. The Balaban J connectivity index is 1.41. The molecule has 1 amide bonds. The van der Waals surface area contributed by atoms with Gasteiger partial charge in [0.25, 0.3) is 5.91 Å². The molecule has 1 atom stereocenters. The fraction of sp³-hybridized carbons (Fsp3) is 0.960. The van der Waals surface area contributed by atoms with Gasteiger partial charge in [0.15, 0.2) is 11.3 Å². The second kappa shape index (κ2) is 16.1. The van der Waals surface area contributed by atoms with Gasteiger partial charge in [0, 0.05) is 38.8 Å². The first-order valence-electron chi connectivity index (χ1n) is 13.1. The zero-order chi connectivity index (χ0) is 28.2. The Hall–Kier alpha value is -0.510. The first-order valence-corrected chi connectivity index (χ1v) is 15.4. The average Bonchev–Trinajstić information content (AvgIpc) is 2.89. The van der Waals surface area contributed by atoms with Crippen molar-refractivity contribution in [2.24, 2.45) is 5.18 Å². The number of aliphatic hydroxyl groups is 1. The van der Waals surface area contributed by atoms with Crippen LogP contribution in [-0.4, -0.2) is 128 Å². The molecule has 2 rings (SSSR count). The van der Waals surface area contributed by atoms with Gasteiger partial charge < -0.3 is 38.4 Å². The molecule has 0 bridgehead atoms. The lowest BCUT2D eigenvalue weighted by Crippen LogP contribution is -2.56. The van der Waals surface area contributed by atoms with Crippen LogP contribution in [0.1, 0.15) is 40.5 Å². The Labute approximate surface area is 235 Å². The Morgan fingerprint density at radius 2 is 1.42 bits per heavy atom. The van der Waals surface area contributed by atoms with Gasteiger partial charge in [-0.2, -0.15) is 28.4 Å². The standard InChI is InChI=1S/C25H46N2O9S2/c1-23(2,26-30)25(4)35-15-21(16-36-25)32-10-8-12-38-18-19(28)17-37-11-7-9-31-20-13-33-24(3,34-14-20)22(29)27(5)6/h19-21,28H,7-18H2,1-6H3. The molecular weight excluding hydrogens is 536 g/mol. The van der Waals surface area contributed by atoms with Crippen LogP contribution in [0, 0.1) is 4.91 Å². The average molecular weight is 583 g/mol. The van der Waals surface area contributed by atoms with E-state index in [-0.39, 0.29) is 24.2 Å². The maximum atomic E-state index is 12.1. The third-order valence-corrected chi connectivity index (χ3v) is 8.90. The second-order valence-electron chi connectivity index (χ2n) is 10.5. The molecule has 11 nitrogen and oxygen atoms in total. The number of ether oxygens (including phenoxy) is 6. The Kier molecular flexibility index (Phi) is 14.2. The highest BCUT2D eigenvalue weighted by atomic mass is 32.2. The first kappa shape index (κ1) is 33.7. The van der Waals surface area contributed by atoms with Gasteiger partial charge in [-0.15, -0.1) is 0 Å². The third kappa shape index (κ3) is 10.5. The van der Waals surface area contributed by atoms with Crippen molar-refractivity contribution in [3.8, 4) is 0 Å². The third-order valence-electron chi connectivity index (χ3n) is 6.51. The smallest absolute Gasteiger partial charge is 0.282 e. The van der Waals surface area contributed by atoms with Gasteiger partial charge in [-0.3, -0.25) is 4.79 Å². The molecule has 2 heterocycles. The fourth-order valence-electron chi connectivity index (χ4n) is 3.65. The Morgan fingerprint density at radius 1 is 0.974 bits per heavy atom. The van der Waals surface area contributed by atoms with Crippen LogP contribution in [0.2, 0.25) is 0 Å². The minimum atomic E-state index is -1.24. The maximum absolute atomic E-state index is 12.1. The highest BCUT2D eigenvalue weighted by molar-refractivity contribution is 8.00. The van der Waals surface area contributed by atoms with Crippen LogP contribution in [-0.2, 0) is 33.2 Å². The molecule has 2 aliphatic heterocycles. The molecule has 0 aromatic carbocycles. The number of amides is 1. The van der Waals surface area contributed by atoms with E-state index in [1.54, 1.807) is 65.3 Å². The number of carbonyl (C=O) groups is 1. The van der Waals surface area contributed by atoms with Crippen LogP contribution in [0.4, 0.5) is 0 Å². The predicted molar refractivity (Wildman–Crippen MR) is 149 cm³/mol. The molecule has 0 aromatic rings. The molecule has 2 fully saturated rings. The molecule has 38 heavy (non-hydrogen) atoms. The van der Waals surface area contributed by atoms with Crippen molar-refractivity contribution in [3.05, 3.63) is 4.91 Å². The molecule has 2 aliphatic rings. The summed E-state index contributed by atoms with van der Waals surface area (Å²) in [4.78, 5) is 24.6. The van der Waals surface area contributed by atoms with Gasteiger partial charge in [0.1, 0.15) is 12.2 Å². The van der Waals surface area contributed by atoms with E-state index in [0.717, 1.165) is 24.3 Å². The lowest BCUT2D eigenvalue weighted by atomic mass is 9.95. The van der Waals surface area contributed by atoms with Crippen molar-refractivity contribution >= 4 is 29.4 Å². The minimum Gasteiger partial charge on any atom is -0.391 e. The second-order valence-corrected chi connectivity index (χ2v) is 12.8. The quantitative estimate of drug-likeness (QED) is 0.201. The SMILES string of the molecule is CN(C)C(=O)C1(C)OCC(OCCCSCC(O)CSCCCOC2COC(C)(C(C)(C)N=O)OC2)CO1. The van der Waals surface area contributed by atoms with Crippen molar-refractivity contribution in [2.45, 2.75) is 76.0 Å². The highest BCUT2D eigenvalue weighted by Crippen LogP contribution is 2.33. The number of hydrogen-bond acceptors (Lipinski definition) is 12. The molecule has 0 radical (unpaired) electrons. The van der Waals surface area contributed by atoms with E-state index in [1.807, 2.05) is 0 Å². The molecule has 222 valence electrons. The van der Waals surface area contributed by atoms with Gasteiger partial charge in [-0.05, 0) is 52.0 Å². The summed E-state index contributed by atoms with van der Waals surface area (Å²) in [5.41, 5.74) is -0.972. The van der Waals surface area contributed by atoms with Crippen LogP contribution in [0.3, 0.4) is 0 Å². The first-order chi connectivity index (χ1) is 17.9. The van der Waals surface area contributed by atoms with Gasteiger partial charge in [-0.1, -0.05) is 5.18 Å². The largest absolute Gasteiger partial charge is 0.391 e. The summed E-state index contributed by atoms with van der Waals surface area (Å²) in [6.07, 6.45) is 1.04. The van der Waals surface area contributed by atoms with E-state index in [2.05, 4.69) is 5.18 Å². The van der Waals surface area contributed by atoms with Gasteiger partial charge in [0.05, 0.1) is 32.5 Å². The maximum Gasteiger partial charge on any atom is 0.282 e. The molecule has 13 heteroatoms. The molecular formula is C25H46N2O9S2. The summed E-state index contributed by atoms with van der Waals surface area (Å²) in [6.45, 7) is 9.28. The summed E-state index contributed by atoms with van der Waals surface area (Å²) in [5.74, 6) is 0.668. The van der Waals surface area contributed by atoms with E-state index in [1.165, 1.54) is 4.90 Å². The summed E-state index contributed by atoms with van der Waals surface area (Å²) >= 11 is 3.42.